The molecule has 0 aliphatic heterocycles. The Morgan fingerprint density at radius 3 is 2.66 bits per heavy atom. The van der Waals surface area contributed by atoms with Crippen LogP contribution in [-0.4, -0.2) is 15.9 Å². The molecule has 0 bridgehead atoms. The topological polar surface area (TPSA) is 81.2 Å². The highest BCUT2D eigenvalue weighted by Crippen LogP contribution is 2.24. The van der Waals surface area contributed by atoms with Gasteiger partial charge in [0.1, 0.15) is 5.52 Å². The van der Waals surface area contributed by atoms with Crippen molar-refractivity contribution in [1.29, 1.82) is 0 Å². The van der Waals surface area contributed by atoms with Crippen molar-refractivity contribution in [2.75, 3.05) is 5.32 Å². The molecular weight excluding hydrogens is 366 g/mol. The summed E-state index contributed by atoms with van der Waals surface area (Å²) in [7, 11) is 0. The number of hydrogen-bond donors (Lipinski definition) is 1. The predicted molar refractivity (Wildman–Crippen MR) is 112 cm³/mol. The van der Waals surface area contributed by atoms with Crippen LogP contribution in [0.15, 0.2) is 57.5 Å². The lowest BCUT2D eigenvalue weighted by Gasteiger charge is -2.03. The number of nitrogens with one attached hydrogen (secondary N) is 1. The Balaban J connectivity index is 1.36. The fraction of sp³-hybridized carbons (Fsp3) is 0.261. The van der Waals surface area contributed by atoms with Crippen LogP contribution in [0.5, 0.6) is 0 Å². The second kappa shape index (κ2) is 7.91. The van der Waals surface area contributed by atoms with Gasteiger partial charge in [0.05, 0.1) is 6.20 Å². The van der Waals surface area contributed by atoms with Gasteiger partial charge in [0.15, 0.2) is 23.1 Å². The van der Waals surface area contributed by atoms with Crippen molar-refractivity contribution in [3.05, 3.63) is 66.0 Å². The summed E-state index contributed by atoms with van der Waals surface area (Å²) in [6.45, 7) is 6.10. The zero-order chi connectivity index (χ0) is 20.4. The second-order valence-corrected chi connectivity index (χ2v) is 7.42. The van der Waals surface area contributed by atoms with E-state index in [1.54, 1.807) is 6.20 Å². The highest BCUT2D eigenvalue weighted by molar-refractivity contribution is 5.92. The van der Waals surface area contributed by atoms with Gasteiger partial charge in [0.25, 0.3) is 0 Å². The van der Waals surface area contributed by atoms with Gasteiger partial charge in [-0.1, -0.05) is 43.7 Å². The molecule has 29 heavy (non-hydrogen) atoms. The fourth-order valence-electron chi connectivity index (χ4n) is 2.99. The molecule has 148 valence electrons. The Bertz CT molecular complexity index is 1140. The maximum Gasteiger partial charge on any atom is 0.224 e. The maximum absolute atomic E-state index is 12.3. The number of amides is 1. The Hall–Kier alpha value is -3.41. The quantitative estimate of drug-likeness (QED) is 0.472. The van der Waals surface area contributed by atoms with Gasteiger partial charge in [-0.3, -0.25) is 4.79 Å². The molecule has 2 aromatic heterocycles. The fourth-order valence-corrected chi connectivity index (χ4v) is 2.99. The lowest BCUT2D eigenvalue weighted by atomic mass is 10.1. The van der Waals surface area contributed by atoms with Gasteiger partial charge in [-0.25, -0.2) is 9.97 Å². The third-order valence-electron chi connectivity index (χ3n) is 4.64. The normalized spacial score (nSPS) is 11.3. The summed E-state index contributed by atoms with van der Waals surface area (Å²) < 4.78 is 11.5. The van der Waals surface area contributed by atoms with Gasteiger partial charge < -0.3 is 14.2 Å². The van der Waals surface area contributed by atoms with E-state index in [0.29, 0.717) is 29.6 Å². The summed E-state index contributed by atoms with van der Waals surface area (Å²) in [5.74, 6) is 2.05. The molecule has 0 unspecified atom stereocenters. The van der Waals surface area contributed by atoms with Crippen LogP contribution < -0.4 is 5.32 Å². The van der Waals surface area contributed by atoms with Gasteiger partial charge >= 0.3 is 0 Å². The number of oxazole rings is 2. The molecule has 0 atom stereocenters. The number of fused-ring (bicyclic) bond motifs is 1. The van der Waals surface area contributed by atoms with Crippen LogP contribution in [0.2, 0.25) is 0 Å². The zero-order valence-electron chi connectivity index (χ0n) is 16.7. The van der Waals surface area contributed by atoms with Crippen LogP contribution >= 0.6 is 0 Å². The number of anilines is 1. The van der Waals surface area contributed by atoms with E-state index in [1.165, 1.54) is 5.56 Å². The van der Waals surface area contributed by atoms with Crippen molar-refractivity contribution < 1.29 is 13.6 Å². The average molecular weight is 389 g/mol. The first-order chi connectivity index (χ1) is 14.0. The molecule has 0 aliphatic rings. The Labute approximate surface area is 169 Å². The Kier molecular flexibility index (Phi) is 5.16. The second-order valence-electron chi connectivity index (χ2n) is 7.42. The van der Waals surface area contributed by atoms with Gasteiger partial charge in [-0.2, -0.15) is 0 Å². The number of carbonyl (C=O) groups is 1. The number of rotatable bonds is 6. The lowest BCUT2D eigenvalue weighted by molar-refractivity contribution is -0.116. The Morgan fingerprint density at radius 2 is 1.90 bits per heavy atom. The monoisotopic (exact) mass is 389 g/mol. The van der Waals surface area contributed by atoms with Crippen LogP contribution in [0.4, 0.5) is 5.69 Å². The van der Waals surface area contributed by atoms with Crippen molar-refractivity contribution in [3.8, 4) is 11.3 Å². The molecule has 6 nitrogen and oxygen atoms in total. The summed E-state index contributed by atoms with van der Waals surface area (Å²) >= 11 is 0. The highest BCUT2D eigenvalue weighted by atomic mass is 16.4. The molecule has 4 aromatic rings. The molecule has 0 spiro atoms. The first-order valence-electron chi connectivity index (χ1n) is 9.70. The molecule has 0 saturated heterocycles. The summed E-state index contributed by atoms with van der Waals surface area (Å²) in [4.78, 5) is 21.1. The van der Waals surface area contributed by atoms with Crippen LogP contribution in [0.1, 0.15) is 43.5 Å². The number of benzene rings is 2. The van der Waals surface area contributed by atoms with E-state index in [9.17, 15) is 4.79 Å². The first kappa shape index (κ1) is 18.9. The molecule has 2 heterocycles. The first-order valence-corrected chi connectivity index (χ1v) is 9.70. The van der Waals surface area contributed by atoms with E-state index in [1.807, 2.05) is 63.2 Å². The van der Waals surface area contributed by atoms with Crippen molar-refractivity contribution in [2.45, 2.75) is 39.5 Å². The zero-order valence-corrected chi connectivity index (χ0v) is 16.7. The molecule has 0 radical (unpaired) electrons. The Morgan fingerprint density at radius 1 is 1.10 bits per heavy atom. The largest absolute Gasteiger partial charge is 0.441 e. The van der Waals surface area contributed by atoms with E-state index in [2.05, 4.69) is 15.3 Å². The van der Waals surface area contributed by atoms with E-state index in [0.717, 1.165) is 16.7 Å². The van der Waals surface area contributed by atoms with Crippen molar-refractivity contribution >= 4 is 22.7 Å². The minimum Gasteiger partial charge on any atom is -0.441 e. The number of aryl methyl sites for hydroxylation is 2. The number of carbonyl (C=O) groups excluding carboxylic acids is 1. The summed E-state index contributed by atoms with van der Waals surface area (Å²) in [5.41, 5.74) is 4.31. The van der Waals surface area contributed by atoms with Crippen molar-refractivity contribution in [2.24, 2.45) is 0 Å². The third-order valence-corrected chi connectivity index (χ3v) is 4.64. The molecule has 0 saturated carbocycles. The molecule has 2 aromatic carbocycles. The molecule has 4 rings (SSSR count). The van der Waals surface area contributed by atoms with Crippen molar-refractivity contribution in [3.63, 3.8) is 0 Å². The van der Waals surface area contributed by atoms with E-state index in [4.69, 9.17) is 8.83 Å². The standard InChI is InChI=1S/C23H23N3O3/c1-14(2)23-26-18-12-17(8-9-19(18)29-23)25-21(27)10-11-22-24-13-20(28-22)16-6-4-15(3)5-7-16/h4-9,12-14H,10-11H2,1-3H3,(H,25,27). The molecule has 1 amide bonds. The SMILES string of the molecule is Cc1ccc(-c2cnc(CCC(=O)Nc3ccc4oc(C(C)C)nc4c3)o2)cc1. The maximum atomic E-state index is 12.3. The van der Waals surface area contributed by atoms with Crippen LogP contribution in [-0.2, 0) is 11.2 Å². The molecule has 6 heteroatoms. The lowest BCUT2D eigenvalue weighted by Crippen LogP contribution is -2.12. The molecule has 1 N–H and O–H groups in total. The third kappa shape index (κ3) is 4.37. The van der Waals surface area contributed by atoms with Crippen LogP contribution in [0.25, 0.3) is 22.4 Å². The van der Waals surface area contributed by atoms with Crippen LogP contribution in [0.3, 0.4) is 0 Å². The average Bonchev–Trinajstić information content (AvgIpc) is 3.34. The molecule has 0 aliphatic carbocycles. The predicted octanol–water partition coefficient (Wildman–Crippen LogP) is 5.49. The number of aromatic nitrogens is 2. The molecule has 0 fully saturated rings. The molecular formula is C23H23N3O3. The minimum atomic E-state index is -0.105. The number of nitrogens with zero attached hydrogens (tertiary/aromatic N) is 2. The van der Waals surface area contributed by atoms with Gasteiger partial charge in [0.2, 0.25) is 5.91 Å². The van der Waals surface area contributed by atoms with E-state index < -0.39 is 0 Å². The van der Waals surface area contributed by atoms with Crippen molar-refractivity contribution in [1.82, 2.24) is 9.97 Å². The summed E-state index contributed by atoms with van der Waals surface area (Å²) in [6.07, 6.45) is 2.41. The van der Waals surface area contributed by atoms with Gasteiger partial charge in [0, 0.05) is 30.0 Å². The van der Waals surface area contributed by atoms with E-state index >= 15 is 0 Å². The van der Waals surface area contributed by atoms with Gasteiger partial charge in [-0.15, -0.1) is 0 Å². The van der Waals surface area contributed by atoms with Gasteiger partial charge in [-0.05, 0) is 25.1 Å². The van der Waals surface area contributed by atoms with E-state index in [-0.39, 0.29) is 18.2 Å². The smallest absolute Gasteiger partial charge is 0.224 e. The van der Waals surface area contributed by atoms with Crippen LogP contribution in [0, 0.1) is 6.92 Å². The summed E-state index contributed by atoms with van der Waals surface area (Å²) in [6, 6.07) is 13.5. The summed E-state index contributed by atoms with van der Waals surface area (Å²) in [5, 5.41) is 2.90. The minimum absolute atomic E-state index is 0.105. The number of hydrogen-bond acceptors (Lipinski definition) is 5. The highest BCUT2D eigenvalue weighted by Gasteiger charge is 2.12.